The molecule has 3 aromatic rings. The quantitative estimate of drug-likeness (QED) is 0.266. The van der Waals surface area contributed by atoms with Crippen LogP contribution < -0.4 is 4.74 Å². The van der Waals surface area contributed by atoms with Gasteiger partial charge < -0.3 is 9.64 Å². The van der Waals surface area contributed by atoms with Gasteiger partial charge in [-0.3, -0.25) is 9.59 Å². The number of ketones is 1. The average Bonchev–Trinajstić information content (AvgIpc) is 3.10. The van der Waals surface area contributed by atoms with Gasteiger partial charge in [0.2, 0.25) is 0 Å². The van der Waals surface area contributed by atoms with E-state index in [9.17, 15) is 22.8 Å². The predicted octanol–water partition coefficient (Wildman–Crippen LogP) is 4.91. The number of hydrogen-bond acceptors (Lipinski definition) is 4. The van der Waals surface area contributed by atoms with Crippen LogP contribution in [0.3, 0.4) is 0 Å². The van der Waals surface area contributed by atoms with Crippen molar-refractivity contribution in [3.8, 4) is 11.4 Å². The Morgan fingerprint density at radius 1 is 1.15 bits per heavy atom. The minimum absolute atomic E-state index is 0.0717. The van der Waals surface area contributed by atoms with Gasteiger partial charge in [-0.15, -0.1) is 0 Å². The fourth-order valence-electron chi connectivity index (χ4n) is 3.51. The monoisotopic (exact) mass is 471 g/mol. The van der Waals surface area contributed by atoms with E-state index in [0.717, 1.165) is 17.7 Å². The van der Waals surface area contributed by atoms with Crippen LogP contribution in [0.15, 0.2) is 61.2 Å². The summed E-state index contributed by atoms with van der Waals surface area (Å²) in [4.78, 5) is 27.1. The Hall–Kier alpha value is -3.88. The highest BCUT2D eigenvalue weighted by molar-refractivity contribution is 6.43. The highest BCUT2D eigenvalue weighted by atomic mass is 19.4. The zero-order valence-electron chi connectivity index (χ0n) is 19.0. The molecule has 0 saturated carbocycles. The Bertz CT molecular complexity index is 1210. The summed E-state index contributed by atoms with van der Waals surface area (Å²) in [6, 6.07) is 11.7. The van der Waals surface area contributed by atoms with Crippen molar-refractivity contribution in [2.24, 2.45) is 0 Å². The summed E-state index contributed by atoms with van der Waals surface area (Å²) in [5.41, 5.74) is 0.721. The summed E-state index contributed by atoms with van der Waals surface area (Å²) in [5.74, 6) is -0.870. The number of hydrogen-bond donors (Lipinski definition) is 0. The van der Waals surface area contributed by atoms with Crippen LogP contribution in [0.2, 0.25) is 0 Å². The second-order valence-corrected chi connectivity index (χ2v) is 7.74. The van der Waals surface area contributed by atoms with Crippen molar-refractivity contribution in [3.05, 3.63) is 89.3 Å². The van der Waals surface area contributed by atoms with Crippen LogP contribution in [-0.2, 0) is 17.5 Å². The molecule has 6 nitrogen and oxygen atoms in total. The number of Topliss-reactive ketones (excluding diaryl/α,β-unsaturated/α-hetero) is 1. The van der Waals surface area contributed by atoms with E-state index in [0.29, 0.717) is 12.4 Å². The molecule has 0 fully saturated rings. The number of alkyl halides is 3. The number of benzene rings is 2. The fourth-order valence-corrected chi connectivity index (χ4v) is 3.51. The predicted molar refractivity (Wildman–Crippen MR) is 121 cm³/mol. The van der Waals surface area contributed by atoms with Crippen LogP contribution in [-0.4, -0.2) is 40.0 Å². The number of carbonyl (C=O) groups excluding carboxylic acids is 2. The van der Waals surface area contributed by atoms with Gasteiger partial charge in [-0.25, -0.2) is 4.68 Å². The normalized spacial score (nSPS) is 11.2. The average molecular weight is 471 g/mol. The zero-order valence-corrected chi connectivity index (χ0v) is 19.0. The lowest BCUT2D eigenvalue weighted by Crippen LogP contribution is -2.33. The van der Waals surface area contributed by atoms with Gasteiger partial charge in [0.25, 0.3) is 11.7 Å². The molecule has 178 valence electrons. The van der Waals surface area contributed by atoms with E-state index in [1.165, 1.54) is 28.8 Å². The molecule has 0 aliphatic heterocycles. The molecule has 0 aliphatic carbocycles. The molecule has 3 rings (SSSR count). The summed E-state index contributed by atoms with van der Waals surface area (Å²) >= 11 is 0. The van der Waals surface area contributed by atoms with Gasteiger partial charge in [-0.1, -0.05) is 30.9 Å². The summed E-state index contributed by atoms with van der Waals surface area (Å²) in [6.07, 6.45) is -2.88. The maximum absolute atomic E-state index is 13.1. The summed E-state index contributed by atoms with van der Waals surface area (Å²) in [7, 11) is 1.50. The third kappa shape index (κ3) is 5.36. The Balaban J connectivity index is 1.80. The van der Waals surface area contributed by atoms with Gasteiger partial charge >= 0.3 is 6.18 Å². The Morgan fingerprint density at radius 3 is 2.44 bits per heavy atom. The van der Waals surface area contributed by atoms with Crippen LogP contribution in [0.25, 0.3) is 5.69 Å². The van der Waals surface area contributed by atoms with Crippen LogP contribution >= 0.6 is 0 Å². The first-order valence-electron chi connectivity index (χ1n) is 10.4. The molecule has 0 aliphatic rings. The molecule has 1 aromatic heterocycles. The van der Waals surface area contributed by atoms with Crippen molar-refractivity contribution in [1.82, 2.24) is 14.7 Å². The van der Waals surface area contributed by atoms with Gasteiger partial charge in [-0.2, -0.15) is 18.3 Å². The third-order valence-electron chi connectivity index (χ3n) is 5.19. The van der Waals surface area contributed by atoms with Crippen molar-refractivity contribution < 1.29 is 27.5 Å². The van der Waals surface area contributed by atoms with Crippen LogP contribution in [0.4, 0.5) is 13.2 Å². The molecule has 9 heteroatoms. The van der Waals surface area contributed by atoms with Crippen molar-refractivity contribution in [1.29, 1.82) is 0 Å². The molecular formula is C25H24F3N3O3. The smallest absolute Gasteiger partial charge is 0.416 e. The van der Waals surface area contributed by atoms with Crippen LogP contribution in [0, 0.1) is 13.8 Å². The van der Waals surface area contributed by atoms with Crippen LogP contribution in [0.1, 0.15) is 32.9 Å². The number of rotatable bonds is 8. The fraction of sp³-hybridized carbons (Fsp3) is 0.240. The minimum atomic E-state index is -4.51. The Morgan fingerprint density at radius 2 is 1.82 bits per heavy atom. The maximum Gasteiger partial charge on any atom is 0.416 e. The van der Waals surface area contributed by atoms with E-state index in [-0.39, 0.29) is 29.2 Å². The molecule has 2 aromatic carbocycles. The largest absolute Gasteiger partial charge is 0.490 e. The number of nitrogens with zero attached hydrogens (tertiary/aromatic N) is 3. The standard InChI is InChI=1S/C25H24F3N3O3/c1-5-13-34-21-11-9-18(10-12-21)15-30(4)24(33)23(32)22-16(2)29-31(17(22)3)20-8-6-7-19(14-20)25(26,27)28/h5-12,14H,1,13,15H2,2-4H3. The van der Waals surface area contributed by atoms with Crippen molar-refractivity contribution in [2.75, 3.05) is 13.7 Å². The molecule has 0 N–H and O–H groups in total. The number of halogens is 3. The molecule has 1 heterocycles. The van der Waals surface area contributed by atoms with Gasteiger partial charge in [0, 0.05) is 13.6 Å². The lowest BCUT2D eigenvalue weighted by Gasteiger charge is -2.17. The number of carbonyl (C=O) groups is 2. The summed E-state index contributed by atoms with van der Waals surface area (Å²) in [5, 5.41) is 4.22. The van der Waals surface area contributed by atoms with E-state index in [1.54, 1.807) is 44.2 Å². The number of likely N-dealkylation sites (N-methyl/N-ethyl adjacent to an activating group) is 1. The second-order valence-electron chi connectivity index (χ2n) is 7.74. The van der Waals surface area contributed by atoms with Gasteiger partial charge in [-0.05, 0) is 49.7 Å². The third-order valence-corrected chi connectivity index (χ3v) is 5.19. The first-order chi connectivity index (χ1) is 16.0. The SMILES string of the molecule is C=CCOc1ccc(CN(C)C(=O)C(=O)c2c(C)nn(-c3cccc(C(F)(F)F)c3)c2C)cc1. The lowest BCUT2D eigenvalue weighted by atomic mass is 10.1. The van der Waals surface area contributed by atoms with Crippen molar-refractivity contribution >= 4 is 11.7 Å². The molecule has 0 bridgehead atoms. The lowest BCUT2D eigenvalue weighted by molar-refractivity contribution is -0.137. The van der Waals surface area contributed by atoms with E-state index < -0.39 is 23.4 Å². The molecule has 0 unspecified atom stereocenters. The molecular weight excluding hydrogens is 447 g/mol. The molecule has 0 atom stereocenters. The number of aryl methyl sites for hydroxylation is 1. The molecule has 34 heavy (non-hydrogen) atoms. The molecule has 0 radical (unpaired) electrons. The second kappa shape index (κ2) is 9.94. The van der Waals surface area contributed by atoms with E-state index >= 15 is 0 Å². The first-order valence-corrected chi connectivity index (χ1v) is 10.4. The highest BCUT2D eigenvalue weighted by Crippen LogP contribution is 2.31. The molecule has 1 amide bonds. The Labute approximate surface area is 195 Å². The number of amides is 1. The van der Waals surface area contributed by atoms with Crippen molar-refractivity contribution in [3.63, 3.8) is 0 Å². The van der Waals surface area contributed by atoms with Gasteiger partial charge in [0.05, 0.1) is 28.2 Å². The van der Waals surface area contributed by atoms with E-state index in [2.05, 4.69) is 11.7 Å². The van der Waals surface area contributed by atoms with Gasteiger partial charge in [0.1, 0.15) is 12.4 Å². The maximum atomic E-state index is 13.1. The van der Waals surface area contributed by atoms with E-state index in [4.69, 9.17) is 4.74 Å². The van der Waals surface area contributed by atoms with Crippen LogP contribution in [0.5, 0.6) is 5.75 Å². The van der Waals surface area contributed by atoms with E-state index in [1.807, 2.05) is 0 Å². The molecule has 0 saturated heterocycles. The number of aromatic nitrogens is 2. The summed E-state index contributed by atoms with van der Waals surface area (Å²) < 4.78 is 46.0. The topological polar surface area (TPSA) is 64.4 Å². The Kier molecular flexibility index (Phi) is 7.24. The first kappa shape index (κ1) is 24.8. The number of ether oxygens (including phenoxy) is 1. The van der Waals surface area contributed by atoms with Gasteiger partial charge in [0.15, 0.2) is 0 Å². The highest BCUT2D eigenvalue weighted by Gasteiger charge is 2.31. The summed E-state index contributed by atoms with van der Waals surface area (Å²) in [6.45, 7) is 7.23. The van der Waals surface area contributed by atoms with Crippen molar-refractivity contribution in [2.45, 2.75) is 26.6 Å². The minimum Gasteiger partial charge on any atom is -0.490 e. The molecule has 0 spiro atoms. The zero-order chi connectivity index (χ0) is 25.0.